The van der Waals surface area contributed by atoms with E-state index in [1.165, 1.54) is 12.0 Å². The van der Waals surface area contributed by atoms with Crippen molar-refractivity contribution in [1.82, 2.24) is 4.90 Å². The molecular weight excluding hydrogens is 352 g/mol. The third-order valence-corrected chi connectivity index (χ3v) is 5.11. The molecule has 1 atom stereocenters. The van der Waals surface area contributed by atoms with Crippen molar-refractivity contribution in [3.63, 3.8) is 0 Å². The summed E-state index contributed by atoms with van der Waals surface area (Å²) >= 11 is 0. The molecule has 28 heavy (non-hydrogen) atoms. The van der Waals surface area contributed by atoms with Gasteiger partial charge in [0.1, 0.15) is 0 Å². The van der Waals surface area contributed by atoms with E-state index < -0.39 is 0 Å². The molecule has 0 amide bonds. The molecule has 1 aliphatic rings. The second-order valence-electron chi connectivity index (χ2n) is 7.11. The number of guanidine groups is 1. The van der Waals surface area contributed by atoms with E-state index in [9.17, 15) is 0 Å². The Bertz CT molecular complexity index is 779. The summed E-state index contributed by atoms with van der Waals surface area (Å²) in [5.74, 6) is 2.33. The van der Waals surface area contributed by atoms with Crippen LogP contribution < -0.4 is 20.5 Å². The molecule has 3 N–H and O–H groups in total. The molecule has 0 bridgehead atoms. The molecule has 1 heterocycles. The number of hydrogen-bond donors (Lipinski definition) is 2. The average molecular weight is 383 g/mol. The highest BCUT2D eigenvalue weighted by molar-refractivity contribution is 5.92. The van der Waals surface area contributed by atoms with Gasteiger partial charge >= 0.3 is 0 Å². The third kappa shape index (κ3) is 5.63. The zero-order chi connectivity index (χ0) is 19.8. The lowest BCUT2D eigenvalue weighted by Gasteiger charge is -2.15. The maximum absolute atomic E-state index is 6.07. The zero-order valence-corrected chi connectivity index (χ0v) is 16.7. The predicted octanol–water partition coefficient (Wildman–Crippen LogP) is 3.00. The van der Waals surface area contributed by atoms with Crippen molar-refractivity contribution in [2.24, 2.45) is 16.6 Å². The van der Waals surface area contributed by atoms with Gasteiger partial charge in [-0.25, -0.2) is 0 Å². The van der Waals surface area contributed by atoms with Crippen molar-refractivity contribution in [1.29, 1.82) is 0 Å². The first kappa shape index (κ1) is 20.0. The zero-order valence-electron chi connectivity index (χ0n) is 16.7. The summed E-state index contributed by atoms with van der Waals surface area (Å²) in [5.41, 5.74) is 8.29. The molecule has 0 radical (unpaired) electrons. The standard InChI is InChI=1S/C22H30N4O2/c1-27-20-9-8-19(14-21(20)28-2)25-22(23)24-15-18-11-13-26(16-18)12-10-17-6-4-3-5-7-17/h3-9,14,18H,10-13,15-16H2,1-2H3,(H3,23,24,25). The van der Waals surface area contributed by atoms with Crippen LogP contribution in [0.4, 0.5) is 5.69 Å². The van der Waals surface area contributed by atoms with Crippen molar-refractivity contribution in [2.45, 2.75) is 12.8 Å². The van der Waals surface area contributed by atoms with Crippen LogP contribution in [0.15, 0.2) is 53.5 Å². The van der Waals surface area contributed by atoms with Gasteiger partial charge in [0.15, 0.2) is 17.5 Å². The molecule has 0 saturated carbocycles. The first-order chi connectivity index (χ1) is 13.7. The largest absolute Gasteiger partial charge is 0.493 e. The molecule has 6 nitrogen and oxygen atoms in total. The van der Waals surface area contributed by atoms with Gasteiger partial charge in [0.2, 0.25) is 0 Å². The van der Waals surface area contributed by atoms with Gasteiger partial charge in [-0.2, -0.15) is 0 Å². The quantitative estimate of drug-likeness (QED) is 0.542. The van der Waals surface area contributed by atoms with Crippen LogP contribution >= 0.6 is 0 Å². The third-order valence-electron chi connectivity index (χ3n) is 5.11. The molecule has 150 valence electrons. The fraction of sp³-hybridized carbons (Fsp3) is 0.409. The Hall–Kier alpha value is -2.73. The summed E-state index contributed by atoms with van der Waals surface area (Å²) in [6.07, 6.45) is 2.27. The van der Waals surface area contributed by atoms with Crippen molar-refractivity contribution in [3.05, 3.63) is 54.1 Å². The van der Waals surface area contributed by atoms with Crippen LogP contribution in [0.3, 0.4) is 0 Å². The Labute approximate surface area is 167 Å². The second-order valence-corrected chi connectivity index (χ2v) is 7.11. The SMILES string of the molecule is COc1ccc(NC(N)=NCC2CCN(CCc3ccccc3)C2)cc1OC. The van der Waals surface area contributed by atoms with Gasteiger partial charge in [-0.15, -0.1) is 0 Å². The fourth-order valence-corrected chi connectivity index (χ4v) is 3.53. The molecule has 0 spiro atoms. The second kappa shape index (κ2) is 9.99. The van der Waals surface area contributed by atoms with E-state index in [0.717, 1.165) is 38.3 Å². The Morgan fingerprint density at radius 2 is 1.93 bits per heavy atom. The van der Waals surface area contributed by atoms with Crippen LogP contribution in [-0.2, 0) is 6.42 Å². The van der Waals surface area contributed by atoms with E-state index in [4.69, 9.17) is 15.2 Å². The molecule has 0 aliphatic carbocycles. The number of methoxy groups -OCH3 is 2. The van der Waals surface area contributed by atoms with Crippen LogP contribution in [0.5, 0.6) is 11.5 Å². The van der Waals surface area contributed by atoms with Crippen molar-refractivity contribution in [2.75, 3.05) is 45.7 Å². The molecule has 2 aromatic rings. The highest BCUT2D eigenvalue weighted by atomic mass is 16.5. The van der Waals surface area contributed by atoms with Gasteiger partial charge in [-0.1, -0.05) is 30.3 Å². The summed E-state index contributed by atoms with van der Waals surface area (Å²) in [7, 11) is 3.23. The summed E-state index contributed by atoms with van der Waals surface area (Å²) < 4.78 is 10.6. The average Bonchev–Trinajstić information content (AvgIpc) is 3.19. The molecule has 2 aromatic carbocycles. The molecule has 1 aliphatic heterocycles. The number of nitrogens with two attached hydrogens (primary N) is 1. The number of hydrogen-bond acceptors (Lipinski definition) is 4. The lowest BCUT2D eigenvalue weighted by atomic mass is 10.1. The number of nitrogens with zero attached hydrogens (tertiary/aromatic N) is 2. The van der Waals surface area contributed by atoms with Crippen LogP contribution in [0.25, 0.3) is 0 Å². The Kier molecular flexibility index (Phi) is 7.14. The van der Waals surface area contributed by atoms with Gasteiger partial charge in [0.05, 0.1) is 14.2 Å². The molecule has 0 aromatic heterocycles. The number of anilines is 1. The van der Waals surface area contributed by atoms with E-state index in [1.54, 1.807) is 14.2 Å². The van der Waals surface area contributed by atoms with Crippen LogP contribution in [-0.4, -0.2) is 51.3 Å². The Morgan fingerprint density at radius 3 is 2.68 bits per heavy atom. The Morgan fingerprint density at radius 1 is 1.14 bits per heavy atom. The monoisotopic (exact) mass is 382 g/mol. The van der Waals surface area contributed by atoms with E-state index in [2.05, 4.69) is 45.5 Å². The van der Waals surface area contributed by atoms with E-state index in [0.29, 0.717) is 23.4 Å². The molecular formula is C22H30N4O2. The lowest BCUT2D eigenvalue weighted by Crippen LogP contribution is -2.26. The van der Waals surface area contributed by atoms with Crippen molar-refractivity contribution >= 4 is 11.6 Å². The number of benzene rings is 2. The van der Waals surface area contributed by atoms with E-state index in [1.807, 2.05) is 18.2 Å². The topological polar surface area (TPSA) is 72.1 Å². The number of ether oxygens (including phenoxy) is 2. The van der Waals surface area contributed by atoms with Gasteiger partial charge in [-0.05, 0) is 43.0 Å². The minimum Gasteiger partial charge on any atom is -0.493 e. The minimum absolute atomic E-state index is 0.426. The smallest absolute Gasteiger partial charge is 0.193 e. The lowest BCUT2D eigenvalue weighted by molar-refractivity contribution is 0.330. The molecule has 6 heteroatoms. The number of nitrogens with one attached hydrogen (secondary N) is 1. The fourth-order valence-electron chi connectivity index (χ4n) is 3.53. The first-order valence-corrected chi connectivity index (χ1v) is 9.73. The van der Waals surface area contributed by atoms with Crippen LogP contribution in [0.1, 0.15) is 12.0 Å². The highest BCUT2D eigenvalue weighted by Gasteiger charge is 2.21. The van der Waals surface area contributed by atoms with Gasteiger partial charge < -0.3 is 25.4 Å². The maximum Gasteiger partial charge on any atom is 0.193 e. The summed E-state index contributed by atoms with van der Waals surface area (Å²) in [6.45, 7) is 4.06. The summed E-state index contributed by atoms with van der Waals surface area (Å²) in [5, 5.41) is 3.13. The predicted molar refractivity (Wildman–Crippen MR) is 114 cm³/mol. The van der Waals surface area contributed by atoms with Crippen LogP contribution in [0.2, 0.25) is 0 Å². The molecule has 1 saturated heterocycles. The van der Waals surface area contributed by atoms with Crippen molar-refractivity contribution in [3.8, 4) is 11.5 Å². The minimum atomic E-state index is 0.426. The normalized spacial score (nSPS) is 17.5. The maximum atomic E-state index is 6.07. The van der Waals surface area contributed by atoms with E-state index in [-0.39, 0.29) is 0 Å². The highest BCUT2D eigenvalue weighted by Crippen LogP contribution is 2.29. The number of rotatable bonds is 8. The summed E-state index contributed by atoms with van der Waals surface area (Å²) in [4.78, 5) is 7.06. The Balaban J connectivity index is 1.45. The molecule has 1 fully saturated rings. The first-order valence-electron chi connectivity index (χ1n) is 9.73. The number of likely N-dealkylation sites (tertiary alicyclic amines) is 1. The number of aliphatic imine (C=N–C) groups is 1. The van der Waals surface area contributed by atoms with E-state index >= 15 is 0 Å². The van der Waals surface area contributed by atoms with Gasteiger partial charge in [0.25, 0.3) is 0 Å². The van der Waals surface area contributed by atoms with Crippen molar-refractivity contribution < 1.29 is 9.47 Å². The molecule has 3 rings (SSSR count). The molecule has 1 unspecified atom stereocenters. The van der Waals surface area contributed by atoms with Gasteiger partial charge in [-0.3, -0.25) is 4.99 Å². The summed E-state index contributed by atoms with van der Waals surface area (Å²) in [6, 6.07) is 16.2. The van der Waals surface area contributed by atoms with Gasteiger partial charge in [0, 0.05) is 31.4 Å². The van der Waals surface area contributed by atoms with Crippen LogP contribution in [0, 0.1) is 5.92 Å².